The Labute approximate surface area is 223 Å². The number of nitrogen functional groups attached to an aromatic ring is 1. The summed E-state index contributed by atoms with van der Waals surface area (Å²) in [6, 6.07) is 6.97. The number of alkyl halides is 3. The minimum absolute atomic E-state index is 0.111. The van der Waals surface area contributed by atoms with E-state index in [1.807, 2.05) is 36.4 Å². The molecule has 11 nitrogen and oxygen atoms in total. The molecule has 1 atom stereocenters. The Morgan fingerprint density at radius 2 is 1.90 bits per heavy atom. The fourth-order valence-electron chi connectivity index (χ4n) is 3.90. The lowest BCUT2D eigenvalue weighted by molar-refractivity contribution is -0.192. The predicted octanol–water partition coefficient (Wildman–Crippen LogP) is 4.11. The minimum atomic E-state index is -5.08. The molecule has 0 spiro atoms. The molecule has 202 valence electrons. The molecular formula is C24H20ClF3N8O3. The number of nitrogens with one attached hydrogen (secondary N) is 1. The number of carbonyl (C=O) groups excluding carboxylic acids is 1. The number of pyridine rings is 2. The largest absolute Gasteiger partial charge is 0.490 e. The third-order valence-corrected chi connectivity index (χ3v) is 5.91. The number of aromatic nitrogens is 6. The van der Waals surface area contributed by atoms with Crippen LogP contribution in [-0.4, -0.2) is 52.1 Å². The summed E-state index contributed by atoms with van der Waals surface area (Å²) in [7, 11) is 0. The second-order valence-electron chi connectivity index (χ2n) is 8.21. The van der Waals surface area contributed by atoms with E-state index in [0.29, 0.717) is 10.7 Å². The molecule has 0 saturated carbocycles. The number of aliphatic carboxylic acids is 1. The maximum atomic E-state index is 13.2. The quantitative estimate of drug-likeness (QED) is 0.297. The number of nitrogens with zero attached hydrogens (tertiary/aromatic N) is 6. The van der Waals surface area contributed by atoms with Crippen LogP contribution in [0.1, 0.15) is 34.7 Å². The summed E-state index contributed by atoms with van der Waals surface area (Å²) in [4.78, 5) is 35.0. The monoisotopic (exact) mass is 560 g/mol. The van der Waals surface area contributed by atoms with E-state index in [2.05, 4.69) is 25.4 Å². The SMILES string of the molecule is Cc1ncc2c(Cl)cc(C(C)NC(=O)c3c(N)nn4cccnc34)c(-c3cccnc3)n12.O=C(O)C(F)(F)F. The van der Waals surface area contributed by atoms with E-state index in [-0.39, 0.29) is 17.3 Å². The highest BCUT2D eigenvalue weighted by molar-refractivity contribution is 6.34. The van der Waals surface area contributed by atoms with Crippen molar-refractivity contribution in [1.29, 1.82) is 0 Å². The number of imidazole rings is 1. The van der Waals surface area contributed by atoms with Crippen molar-refractivity contribution in [3.63, 3.8) is 0 Å². The first-order chi connectivity index (χ1) is 18.4. The number of anilines is 1. The van der Waals surface area contributed by atoms with Crippen LogP contribution in [0.25, 0.3) is 22.4 Å². The molecule has 0 aliphatic heterocycles. The Bertz CT molecular complexity index is 1690. The zero-order valence-electron chi connectivity index (χ0n) is 20.3. The van der Waals surface area contributed by atoms with Crippen molar-refractivity contribution in [2.45, 2.75) is 26.1 Å². The number of hydrogen-bond donors (Lipinski definition) is 3. The van der Waals surface area contributed by atoms with Crippen LogP contribution >= 0.6 is 11.6 Å². The van der Waals surface area contributed by atoms with E-state index in [4.69, 9.17) is 27.2 Å². The number of halogens is 4. The third-order valence-electron chi connectivity index (χ3n) is 5.60. The van der Waals surface area contributed by atoms with Gasteiger partial charge in [-0.1, -0.05) is 11.6 Å². The summed E-state index contributed by atoms with van der Waals surface area (Å²) >= 11 is 6.59. The number of carbonyl (C=O) groups is 2. The van der Waals surface area contributed by atoms with Crippen molar-refractivity contribution in [3.8, 4) is 11.3 Å². The Hall–Kier alpha value is -4.72. The van der Waals surface area contributed by atoms with Gasteiger partial charge in [-0.25, -0.2) is 19.3 Å². The Morgan fingerprint density at radius 1 is 1.18 bits per heavy atom. The van der Waals surface area contributed by atoms with Crippen LogP contribution in [-0.2, 0) is 4.79 Å². The first kappa shape index (κ1) is 27.3. The summed E-state index contributed by atoms with van der Waals surface area (Å²) in [6.07, 6.45) is 3.41. The molecule has 5 rings (SSSR count). The van der Waals surface area contributed by atoms with Gasteiger partial charge in [0.2, 0.25) is 0 Å². The molecule has 39 heavy (non-hydrogen) atoms. The number of amides is 1. The van der Waals surface area contributed by atoms with Crippen molar-refractivity contribution in [1.82, 2.24) is 34.3 Å². The average molecular weight is 561 g/mol. The predicted molar refractivity (Wildman–Crippen MR) is 135 cm³/mol. The summed E-state index contributed by atoms with van der Waals surface area (Å²) in [5.74, 6) is -2.25. The highest BCUT2D eigenvalue weighted by Crippen LogP contribution is 2.34. The number of fused-ring (bicyclic) bond motifs is 2. The molecule has 5 aromatic rings. The van der Waals surface area contributed by atoms with E-state index in [1.54, 1.807) is 37.1 Å². The molecule has 0 aliphatic carbocycles. The second-order valence-corrected chi connectivity index (χ2v) is 8.62. The number of rotatable bonds is 4. The van der Waals surface area contributed by atoms with E-state index in [0.717, 1.165) is 28.2 Å². The Kier molecular flexibility index (Phi) is 7.40. The molecule has 1 amide bonds. The van der Waals surface area contributed by atoms with Gasteiger partial charge in [0.15, 0.2) is 11.5 Å². The zero-order chi connectivity index (χ0) is 28.5. The maximum absolute atomic E-state index is 13.2. The first-order valence-electron chi connectivity index (χ1n) is 11.2. The second kappa shape index (κ2) is 10.6. The van der Waals surface area contributed by atoms with Crippen LogP contribution in [0.5, 0.6) is 0 Å². The topological polar surface area (TPSA) is 153 Å². The number of hydrogen-bond acceptors (Lipinski definition) is 7. The fourth-order valence-corrected chi connectivity index (χ4v) is 4.15. The summed E-state index contributed by atoms with van der Waals surface area (Å²) in [6.45, 7) is 3.79. The summed E-state index contributed by atoms with van der Waals surface area (Å²) in [5, 5.41) is 14.8. The van der Waals surface area contributed by atoms with E-state index >= 15 is 0 Å². The van der Waals surface area contributed by atoms with Gasteiger partial charge in [0, 0.05) is 35.9 Å². The van der Waals surface area contributed by atoms with Gasteiger partial charge in [0.25, 0.3) is 5.91 Å². The van der Waals surface area contributed by atoms with Gasteiger partial charge >= 0.3 is 12.1 Å². The Balaban J connectivity index is 0.000000448. The van der Waals surface area contributed by atoms with Crippen molar-refractivity contribution < 1.29 is 27.9 Å². The molecule has 0 aromatic carbocycles. The molecule has 0 radical (unpaired) electrons. The van der Waals surface area contributed by atoms with E-state index in [9.17, 15) is 18.0 Å². The molecule has 0 fully saturated rings. The average Bonchev–Trinajstić information content (AvgIpc) is 3.43. The molecule has 0 saturated heterocycles. The smallest absolute Gasteiger partial charge is 0.475 e. The molecule has 0 aliphatic rings. The molecule has 0 bridgehead atoms. The van der Waals surface area contributed by atoms with Gasteiger partial charge < -0.3 is 16.2 Å². The molecule has 5 heterocycles. The maximum Gasteiger partial charge on any atom is 0.490 e. The number of carboxylic acids is 1. The lowest BCUT2D eigenvalue weighted by Crippen LogP contribution is -2.28. The highest BCUT2D eigenvalue weighted by atomic mass is 35.5. The first-order valence-corrected chi connectivity index (χ1v) is 11.5. The van der Waals surface area contributed by atoms with Crippen LogP contribution in [0.4, 0.5) is 19.0 Å². The van der Waals surface area contributed by atoms with Crippen LogP contribution in [0.3, 0.4) is 0 Å². The van der Waals surface area contributed by atoms with E-state index in [1.165, 1.54) is 4.52 Å². The van der Waals surface area contributed by atoms with Crippen molar-refractivity contribution in [2.75, 3.05) is 5.73 Å². The molecule has 4 N–H and O–H groups in total. The van der Waals surface area contributed by atoms with Gasteiger partial charge in [-0.3, -0.25) is 14.2 Å². The van der Waals surface area contributed by atoms with E-state index < -0.39 is 18.2 Å². The molecule has 1 unspecified atom stereocenters. The van der Waals surface area contributed by atoms with Crippen LogP contribution in [0.15, 0.2) is 55.2 Å². The molecule has 15 heteroatoms. The van der Waals surface area contributed by atoms with Gasteiger partial charge in [-0.15, -0.1) is 5.10 Å². The van der Waals surface area contributed by atoms with Crippen molar-refractivity contribution in [3.05, 3.63) is 77.2 Å². The summed E-state index contributed by atoms with van der Waals surface area (Å²) < 4.78 is 35.2. The minimum Gasteiger partial charge on any atom is -0.475 e. The highest BCUT2D eigenvalue weighted by Gasteiger charge is 2.38. The van der Waals surface area contributed by atoms with Crippen molar-refractivity contribution >= 4 is 40.5 Å². The van der Waals surface area contributed by atoms with Crippen molar-refractivity contribution in [2.24, 2.45) is 0 Å². The van der Waals surface area contributed by atoms with Gasteiger partial charge in [-0.05, 0) is 38.1 Å². The normalized spacial score (nSPS) is 12.2. The van der Waals surface area contributed by atoms with Crippen LogP contribution < -0.4 is 11.1 Å². The number of nitrogens with two attached hydrogens (primary N) is 1. The standard InChI is InChI=1S/C22H19ClN8O.C2HF3O2/c1-12(28-22(32)18-20(24)29-30-8-4-7-26-21(18)30)15-9-16(23)17-11-27-13(2)31(17)19(15)14-5-3-6-25-10-14;3-2(4,5)1(6)7/h3-12H,1-2H3,(H2,24,29)(H,28,32);(H,6,7). The number of carboxylic acid groups (broad SMARTS) is 1. The van der Waals surface area contributed by atoms with Crippen LogP contribution in [0, 0.1) is 6.92 Å². The molecular weight excluding hydrogens is 541 g/mol. The number of aryl methyl sites for hydroxylation is 1. The summed E-state index contributed by atoms with van der Waals surface area (Å²) in [5.41, 5.74) is 9.96. The van der Waals surface area contributed by atoms with Gasteiger partial charge in [-0.2, -0.15) is 13.2 Å². The fraction of sp³-hybridized carbons (Fsp3) is 0.167. The van der Waals surface area contributed by atoms with Gasteiger partial charge in [0.1, 0.15) is 11.4 Å². The van der Waals surface area contributed by atoms with Crippen LogP contribution in [0.2, 0.25) is 5.02 Å². The van der Waals surface area contributed by atoms with Gasteiger partial charge in [0.05, 0.1) is 28.5 Å². The lowest BCUT2D eigenvalue weighted by Gasteiger charge is -2.21. The Morgan fingerprint density at radius 3 is 2.54 bits per heavy atom. The molecule has 5 aromatic heterocycles. The third kappa shape index (κ3) is 5.45. The lowest BCUT2D eigenvalue weighted by atomic mass is 10.0. The zero-order valence-corrected chi connectivity index (χ0v) is 21.1.